The maximum Gasteiger partial charge on any atom is 0.271 e. The number of amides is 1. The summed E-state index contributed by atoms with van der Waals surface area (Å²) in [5, 5.41) is 6.74. The van der Waals surface area contributed by atoms with Crippen molar-refractivity contribution in [2.24, 2.45) is 0 Å². The van der Waals surface area contributed by atoms with Gasteiger partial charge in [0.15, 0.2) is 0 Å². The van der Waals surface area contributed by atoms with E-state index in [4.69, 9.17) is 23.2 Å². The molecule has 2 N–H and O–H groups in total. The van der Waals surface area contributed by atoms with Gasteiger partial charge in [0.05, 0.1) is 28.1 Å². The van der Waals surface area contributed by atoms with E-state index in [2.05, 4.69) is 20.6 Å². The number of anilines is 2. The summed E-state index contributed by atoms with van der Waals surface area (Å²) in [6, 6.07) is 14.8. The molecule has 0 atom stereocenters. The second-order valence-corrected chi connectivity index (χ2v) is 5.99. The van der Waals surface area contributed by atoms with E-state index in [0.717, 1.165) is 5.56 Å². The van der Waals surface area contributed by atoms with Gasteiger partial charge in [0, 0.05) is 6.54 Å². The molecule has 0 fully saturated rings. The van der Waals surface area contributed by atoms with Crippen LogP contribution in [0.5, 0.6) is 0 Å². The van der Waals surface area contributed by atoms with Crippen LogP contribution < -0.4 is 10.6 Å². The summed E-state index contributed by atoms with van der Waals surface area (Å²) in [4.78, 5) is 20.4. The van der Waals surface area contributed by atoms with Crippen LogP contribution in [0.2, 0.25) is 10.0 Å². The lowest BCUT2D eigenvalue weighted by Crippen LogP contribution is -2.24. The van der Waals surface area contributed by atoms with Gasteiger partial charge in [0.2, 0.25) is 0 Å². The van der Waals surface area contributed by atoms with E-state index < -0.39 is 0 Å². The van der Waals surface area contributed by atoms with Gasteiger partial charge >= 0.3 is 0 Å². The Bertz CT molecular complexity index is 850. The number of hydrogen-bond acceptors (Lipinski definition) is 4. The normalized spacial score (nSPS) is 10.3. The van der Waals surface area contributed by atoms with Gasteiger partial charge in [0.1, 0.15) is 11.5 Å². The Morgan fingerprint density at radius 2 is 1.64 bits per heavy atom. The second-order valence-electron chi connectivity index (χ2n) is 5.18. The number of aromatic nitrogens is 2. The number of halogens is 2. The molecule has 0 saturated heterocycles. The largest absolute Gasteiger partial charge is 0.347 e. The lowest BCUT2D eigenvalue weighted by atomic mass is 10.2. The van der Waals surface area contributed by atoms with Crippen molar-refractivity contribution < 1.29 is 4.79 Å². The number of benzene rings is 2. The zero-order valence-electron chi connectivity index (χ0n) is 13.0. The van der Waals surface area contributed by atoms with Crippen molar-refractivity contribution in [2.75, 3.05) is 5.32 Å². The Labute approximate surface area is 155 Å². The van der Waals surface area contributed by atoms with E-state index >= 15 is 0 Å². The topological polar surface area (TPSA) is 66.9 Å². The summed E-state index contributed by atoms with van der Waals surface area (Å²) >= 11 is 12.2. The fourth-order valence-electron chi connectivity index (χ4n) is 2.12. The van der Waals surface area contributed by atoms with Gasteiger partial charge in [-0.05, 0) is 17.7 Å². The quantitative estimate of drug-likeness (QED) is 0.693. The molecule has 0 aliphatic rings. The molecular weight excluding hydrogens is 359 g/mol. The second kappa shape index (κ2) is 7.96. The van der Waals surface area contributed by atoms with E-state index in [9.17, 15) is 4.79 Å². The van der Waals surface area contributed by atoms with E-state index in [1.807, 2.05) is 30.3 Å². The molecular formula is C18H14Cl2N4O. The van der Waals surface area contributed by atoms with Crippen molar-refractivity contribution in [3.05, 3.63) is 82.2 Å². The maximum atomic E-state index is 12.1. The summed E-state index contributed by atoms with van der Waals surface area (Å²) in [6.45, 7) is 0.427. The van der Waals surface area contributed by atoms with E-state index in [1.54, 1.807) is 18.2 Å². The molecule has 2 aromatic carbocycles. The van der Waals surface area contributed by atoms with Crippen LogP contribution in [0.3, 0.4) is 0 Å². The van der Waals surface area contributed by atoms with Crippen LogP contribution >= 0.6 is 23.2 Å². The number of hydrogen-bond donors (Lipinski definition) is 2. The van der Waals surface area contributed by atoms with Crippen LogP contribution in [-0.4, -0.2) is 15.9 Å². The van der Waals surface area contributed by atoms with Gasteiger partial charge < -0.3 is 10.6 Å². The molecule has 0 aliphatic heterocycles. The van der Waals surface area contributed by atoms with E-state index in [1.165, 1.54) is 12.4 Å². The third-order valence-corrected chi connectivity index (χ3v) is 4.03. The number of carbonyl (C=O) groups excluding carboxylic acids is 1. The summed E-state index contributed by atoms with van der Waals surface area (Å²) in [5.41, 5.74) is 1.78. The summed E-state index contributed by atoms with van der Waals surface area (Å²) in [6.07, 6.45) is 2.85. The summed E-state index contributed by atoms with van der Waals surface area (Å²) in [5.74, 6) is 0.147. The summed E-state index contributed by atoms with van der Waals surface area (Å²) < 4.78 is 0. The molecule has 0 bridgehead atoms. The molecule has 5 nitrogen and oxygen atoms in total. The van der Waals surface area contributed by atoms with Gasteiger partial charge in [-0.3, -0.25) is 4.79 Å². The molecule has 1 aromatic heterocycles. The minimum absolute atomic E-state index is 0.228. The first-order chi connectivity index (χ1) is 12.1. The average Bonchev–Trinajstić information content (AvgIpc) is 2.64. The molecule has 7 heteroatoms. The fourth-order valence-corrected chi connectivity index (χ4v) is 2.62. The number of carbonyl (C=O) groups is 1. The van der Waals surface area contributed by atoms with Crippen LogP contribution in [-0.2, 0) is 6.54 Å². The Hall–Kier alpha value is -2.63. The Morgan fingerprint density at radius 3 is 2.28 bits per heavy atom. The first-order valence-corrected chi connectivity index (χ1v) is 8.24. The SMILES string of the molecule is O=C(NCc1ccccc1)c1cnc(Nc2c(Cl)cccc2Cl)cn1. The zero-order chi connectivity index (χ0) is 17.6. The lowest BCUT2D eigenvalue weighted by Gasteiger charge is -2.09. The van der Waals surface area contributed by atoms with Crippen molar-refractivity contribution in [1.29, 1.82) is 0 Å². The monoisotopic (exact) mass is 372 g/mol. The predicted octanol–water partition coefficient (Wildman–Crippen LogP) is 4.46. The van der Waals surface area contributed by atoms with Crippen molar-refractivity contribution >= 4 is 40.6 Å². The number of rotatable bonds is 5. The molecule has 0 aliphatic carbocycles. The predicted molar refractivity (Wildman–Crippen MR) is 99.4 cm³/mol. The van der Waals surface area contributed by atoms with Crippen LogP contribution in [0.1, 0.15) is 16.1 Å². The first kappa shape index (κ1) is 17.2. The smallest absolute Gasteiger partial charge is 0.271 e. The van der Waals surface area contributed by atoms with Crippen LogP contribution in [0.4, 0.5) is 11.5 Å². The molecule has 0 radical (unpaired) electrons. The van der Waals surface area contributed by atoms with Gasteiger partial charge in [-0.2, -0.15) is 0 Å². The van der Waals surface area contributed by atoms with Gasteiger partial charge in [-0.15, -0.1) is 0 Å². The lowest BCUT2D eigenvalue weighted by molar-refractivity contribution is 0.0945. The zero-order valence-corrected chi connectivity index (χ0v) is 14.6. The van der Waals surface area contributed by atoms with E-state index in [0.29, 0.717) is 28.1 Å². The van der Waals surface area contributed by atoms with E-state index in [-0.39, 0.29) is 11.6 Å². The highest BCUT2D eigenvalue weighted by molar-refractivity contribution is 6.39. The van der Waals surface area contributed by atoms with Gasteiger partial charge in [-0.1, -0.05) is 59.6 Å². The fraction of sp³-hybridized carbons (Fsp3) is 0.0556. The highest BCUT2D eigenvalue weighted by Crippen LogP contribution is 2.31. The van der Waals surface area contributed by atoms with Gasteiger partial charge in [0.25, 0.3) is 5.91 Å². The Kier molecular flexibility index (Phi) is 5.48. The van der Waals surface area contributed by atoms with Crippen molar-refractivity contribution in [3.63, 3.8) is 0 Å². The van der Waals surface area contributed by atoms with Crippen LogP contribution in [0.15, 0.2) is 60.9 Å². The highest BCUT2D eigenvalue weighted by Gasteiger charge is 2.10. The minimum atomic E-state index is -0.293. The summed E-state index contributed by atoms with van der Waals surface area (Å²) in [7, 11) is 0. The first-order valence-electron chi connectivity index (χ1n) is 7.48. The highest BCUT2D eigenvalue weighted by atomic mass is 35.5. The standard InChI is InChI=1S/C18H14Cl2N4O/c19-13-7-4-8-14(20)17(13)24-16-11-21-15(10-22-16)18(25)23-9-12-5-2-1-3-6-12/h1-8,10-11H,9H2,(H,22,24)(H,23,25). The molecule has 25 heavy (non-hydrogen) atoms. The molecule has 1 amide bonds. The third kappa shape index (κ3) is 4.47. The molecule has 0 spiro atoms. The molecule has 126 valence electrons. The molecule has 3 rings (SSSR count). The van der Waals surface area contributed by atoms with Crippen LogP contribution in [0, 0.1) is 0 Å². The van der Waals surface area contributed by atoms with Crippen molar-refractivity contribution in [2.45, 2.75) is 6.54 Å². The maximum absolute atomic E-state index is 12.1. The number of para-hydroxylation sites is 1. The average molecular weight is 373 g/mol. The third-order valence-electron chi connectivity index (χ3n) is 3.40. The Balaban J connectivity index is 1.64. The molecule has 0 unspecified atom stereocenters. The molecule has 3 aromatic rings. The van der Waals surface area contributed by atoms with Gasteiger partial charge in [-0.25, -0.2) is 9.97 Å². The molecule has 1 heterocycles. The van der Waals surface area contributed by atoms with Crippen molar-refractivity contribution in [1.82, 2.24) is 15.3 Å². The van der Waals surface area contributed by atoms with Crippen molar-refractivity contribution in [3.8, 4) is 0 Å². The Morgan fingerprint density at radius 1 is 0.920 bits per heavy atom. The number of nitrogens with zero attached hydrogens (tertiary/aromatic N) is 2. The number of nitrogens with one attached hydrogen (secondary N) is 2. The molecule has 0 saturated carbocycles. The van der Waals surface area contributed by atoms with Crippen LogP contribution in [0.25, 0.3) is 0 Å². The minimum Gasteiger partial charge on any atom is -0.347 e.